The predicted molar refractivity (Wildman–Crippen MR) is 93.9 cm³/mol. The highest BCUT2D eigenvalue weighted by Crippen LogP contribution is 2.33. The van der Waals surface area contributed by atoms with Crippen LogP contribution in [0.25, 0.3) is 0 Å². The molecule has 2 aliphatic rings. The fourth-order valence-corrected chi connectivity index (χ4v) is 3.28. The largest absolute Gasteiger partial charge is 0.416 e. The Morgan fingerprint density at radius 1 is 1.15 bits per heavy atom. The van der Waals surface area contributed by atoms with E-state index in [9.17, 15) is 22.8 Å². The molecule has 0 bridgehead atoms. The Kier molecular flexibility index (Phi) is 5.74. The second-order valence-electron chi connectivity index (χ2n) is 7.32. The molecule has 0 spiro atoms. The average Bonchev–Trinajstić information content (AvgIpc) is 3.46. The van der Waals surface area contributed by atoms with E-state index in [1.54, 1.807) is 4.90 Å². The predicted octanol–water partition coefficient (Wildman–Crippen LogP) is 1.92. The summed E-state index contributed by atoms with van der Waals surface area (Å²) < 4.78 is 39.9. The minimum Gasteiger partial charge on any atom is -0.344 e. The van der Waals surface area contributed by atoms with Crippen molar-refractivity contribution in [2.24, 2.45) is 5.92 Å². The number of likely N-dealkylation sites (N-methyl/N-ethyl adjacent to an activating group) is 1. The molecule has 1 saturated carbocycles. The van der Waals surface area contributed by atoms with Crippen molar-refractivity contribution in [2.45, 2.75) is 31.5 Å². The van der Waals surface area contributed by atoms with Crippen molar-refractivity contribution in [2.75, 3.05) is 33.2 Å². The lowest BCUT2D eigenvalue weighted by molar-refractivity contribution is -0.140. The summed E-state index contributed by atoms with van der Waals surface area (Å²) in [7, 11) is 1.95. The van der Waals surface area contributed by atoms with Crippen LogP contribution >= 0.6 is 0 Å². The monoisotopic (exact) mass is 383 g/mol. The Morgan fingerprint density at radius 3 is 2.37 bits per heavy atom. The van der Waals surface area contributed by atoms with E-state index in [1.165, 1.54) is 18.2 Å². The summed E-state index contributed by atoms with van der Waals surface area (Å²) in [6, 6.07) is 4.24. The maximum Gasteiger partial charge on any atom is 0.416 e. The minimum atomic E-state index is -4.50. The lowest BCUT2D eigenvalue weighted by Crippen LogP contribution is -2.55. The fourth-order valence-electron chi connectivity index (χ4n) is 3.28. The first kappa shape index (κ1) is 19.7. The van der Waals surface area contributed by atoms with Crippen LogP contribution in [0.4, 0.5) is 13.2 Å². The van der Waals surface area contributed by atoms with Gasteiger partial charge in [-0.1, -0.05) is 18.2 Å². The maximum atomic E-state index is 13.3. The first-order valence-corrected chi connectivity index (χ1v) is 9.18. The zero-order valence-electron chi connectivity index (χ0n) is 15.3. The number of nitrogens with one attached hydrogen (secondary N) is 1. The van der Waals surface area contributed by atoms with Gasteiger partial charge in [-0.2, -0.15) is 13.2 Å². The zero-order valence-corrected chi connectivity index (χ0v) is 15.3. The minimum absolute atomic E-state index is 0.0218. The van der Waals surface area contributed by atoms with Crippen LogP contribution in [-0.2, 0) is 22.2 Å². The van der Waals surface area contributed by atoms with Crippen LogP contribution in [0, 0.1) is 5.92 Å². The Bertz CT molecular complexity index is 696. The summed E-state index contributed by atoms with van der Waals surface area (Å²) in [6.07, 6.45) is -3.14. The molecule has 1 atom stereocenters. The first-order chi connectivity index (χ1) is 12.8. The van der Waals surface area contributed by atoms with Gasteiger partial charge in [-0.3, -0.25) is 9.59 Å². The van der Waals surface area contributed by atoms with Crippen molar-refractivity contribution in [1.82, 2.24) is 15.1 Å². The van der Waals surface area contributed by atoms with Crippen molar-refractivity contribution in [3.63, 3.8) is 0 Å². The molecule has 1 N–H and O–H groups in total. The second kappa shape index (κ2) is 7.88. The van der Waals surface area contributed by atoms with E-state index in [1.807, 2.05) is 7.05 Å². The number of rotatable bonds is 5. The topological polar surface area (TPSA) is 52.6 Å². The highest BCUT2D eigenvalue weighted by Gasteiger charge is 2.37. The Balaban J connectivity index is 1.80. The van der Waals surface area contributed by atoms with E-state index in [4.69, 9.17) is 0 Å². The fraction of sp³-hybridized carbons (Fsp3) is 0.579. The molecule has 1 aliphatic carbocycles. The summed E-state index contributed by atoms with van der Waals surface area (Å²) in [5.41, 5.74) is -0.740. The number of hydrogen-bond donors (Lipinski definition) is 1. The molecule has 1 aromatic rings. The van der Waals surface area contributed by atoms with Crippen LogP contribution in [-0.4, -0.2) is 60.9 Å². The van der Waals surface area contributed by atoms with Crippen LogP contribution in [0.3, 0.4) is 0 Å². The smallest absolute Gasteiger partial charge is 0.344 e. The van der Waals surface area contributed by atoms with Gasteiger partial charge in [0.15, 0.2) is 0 Å². The van der Waals surface area contributed by atoms with Gasteiger partial charge in [0.2, 0.25) is 11.8 Å². The van der Waals surface area contributed by atoms with Gasteiger partial charge in [-0.05, 0) is 31.5 Å². The summed E-state index contributed by atoms with van der Waals surface area (Å²) in [6.45, 7) is 2.42. The molecule has 1 saturated heterocycles. The molecule has 0 radical (unpaired) electrons. The molecular formula is C19H24F3N3O2. The van der Waals surface area contributed by atoms with Gasteiger partial charge in [-0.15, -0.1) is 0 Å². The molecule has 2 fully saturated rings. The van der Waals surface area contributed by atoms with E-state index >= 15 is 0 Å². The third-order valence-corrected chi connectivity index (χ3v) is 5.12. The number of alkyl halides is 3. The van der Waals surface area contributed by atoms with Gasteiger partial charge in [0.05, 0.1) is 5.56 Å². The van der Waals surface area contributed by atoms with E-state index in [-0.39, 0.29) is 29.7 Å². The highest BCUT2D eigenvalue weighted by atomic mass is 19.4. The second-order valence-corrected chi connectivity index (χ2v) is 7.32. The standard InChI is InChI=1S/C19H24F3N3O2/c1-24-8-10-25(11-9-24)18(27)16(23-17(26)13-6-7-13)12-14-4-2-3-5-15(14)19(20,21)22/h2-5,13,16H,6-12H2,1H3,(H,23,26). The van der Waals surface area contributed by atoms with Crippen LogP contribution in [0.2, 0.25) is 0 Å². The zero-order chi connectivity index (χ0) is 19.6. The van der Waals surface area contributed by atoms with Crippen LogP contribution in [0.1, 0.15) is 24.0 Å². The number of piperazine rings is 1. The van der Waals surface area contributed by atoms with Gasteiger partial charge < -0.3 is 15.1 Å². The quantitative estimate of drug-likeness (QED) is 0.845. The van der Waals surface area contributed by atoms with Crippen molar-refractivity contribution in [3.8, 4) is 0 Å². The van der Waals surface area contributed by atoms with Gasteiger partial charge >= 0.3 is 6.18 Å². The summed E-state index contributed by atoms with van der Waals surface area (Å²) in [4.78, 5) is 28.9. The summed E-state index contributed by atoms with van der Waals surface area (Å²) in [5.74, 6) is -0.674. The molecule has 0 aromatic heterocycles. The molecular weight excluding hydrogens is 359 g/mol. The molecule has 1 aliphatic heterocycles. The summed E-state index contributed by atoms with van der Waals surface area (Å²) in [5, 5.41) is 2.70. The molecule has 1 unspecified atom stereocenters. The molecule has 1 aromatic carbocycles. The maximum absolute atomic E-state index is 13.3. The van der Waals surface area contributed by atoms with Crippen molar-refractivity contribution in [1.29, 1.82) is 0 Å². The third kappa shape index (κ3) is 5.00. The lowest BCUT2D eigenvalue weighted by Gasteiger charge is -2.35. The summed E-state index contributed by atoms with van der Waals surface area (Å²) >= 11 is 0. The number of halogens is 3. The number of carbonyl (C=O) groups excluding carboxylic acids is 2. The van der Waals surface area contributed by atoms with Gasteiger partial charge in [0.25, 0.3) is 0 Å². The van der Waals surface area contributed by atoms with Gasteiger partial charge in [0, 0.05) is 38.5 Å². The third-order valence-electron chi connectivity index (χ3n) is 5.12. The van der Waals surface area contributed by atoms with Crippen LogP contribution in [0.15, 0.2) is 24.3 Å². The van der Waals surface area contributed by atoms with Crippen LogP contribution < -0.4 is 5.32 Å². The molecule has 2 amide bonds. The Morgan fingerprint density at radius 2 is 1.78 bits per heavy atom. The molecule has 148 valence electrons. The number of nitrogens with zero attached hydrogens (tertiary/aromatic N) is 2. The number of hydrogen-bond acceptors (Lipinski definition) is 3. The molecule has 27 heavy (non-hydrogen) atoms. The van der Waals surface area contributed by atoms with E-state index < -0.39 is 17.8 Å². The Labute approximate surface area is 156 Å². The molecule has 3 rings (SSSR count). The lowest BCUT2D eigenvalue weighted by atomic mass is 9.98. The van der Waals surface area contributed by atoms with Gasteiger partial charge in [-0.25, -0.2) is 0 Å². The number of benzene rings is 1. The van der Waals surface area contributed by atoms with Crippen LogP contribution in [0.5, 0.6) is 0 Å². The molecule has 5 nitrogen and oxygen atoms in total. The average molecular weight is 383 g/mol. The van der Waals surface area contributed by atoms with E-state index in [0.29, 0.717) is 26.2 Å². The molecule has 8 heteroatoms. The van der Waals surface area contributed by atoms with Crippen molar-refractivity contribution < 1.29 is 22.8 Å². The van der Waals surface area contributed by atoms with E-state index in [2.05, 4.69) is 10.2 Å². The Hall–Kier alpha value is -2.09. The van der Waals surface area contributed by atoms with Crippen molar-refractivity contribution >= 4 is 11.8 Å². The van der Waals surface area contributed by atoms with E-state index in [0.717, 1.165) is 18.9 Å². The highest BCUT2D eigenvalue weighted by molar-refractivity contribution is 5.89. The number of carbonyl (C=O) groups is 2. The normalized spacial score (nSPS) is 19.6. The van der Waals surface area contributed by atoms with Gasteiger partial charge in [0.1, 0.15) is 6.04 Å². The number of amides is 2. The van der Waals surface area contributed by atoms with Crippen molar-refractivity contribution in [3.05, 3.63) is 35.4 Å². The molecule has 1 heterocycles. The SMILES string of the molecule is CN1CCN(C(=O)C(Cc2ccccc2C(F)(F)F)NC(=O)C2CC2)CC1. The first-order valence-electron chi connectivity index (χ1n) is 9.18.